The first-order chi connectivity index (χ1) is 24.6. The molecule has 0 aromatic heterocycles. The molecule has 0 saturated carbocycles. The van der Waals surface area contributed by atoms with E-state index in [1.807, 2.05) is 0 Å². The van der Waals surface area contributed by atoms with Crippen LogP contribution >= 0.6 is 0 Å². The highest BCUT2D eigenvalue weighted by Gasteiger charge is 2.53. The van der Waals surface area contributed by atoms with Crippen LogP contribution in [-0.2, 0) is 85.7 Å². The summed E-state index contributed by atoms with van der Waals surface area (Å²) in [6, 6.07) is 0. The van der Waals surface area contributed by atoms with Crippen molar-refractivity contribution in [2.75, 3.05) is 0 Å². The van der Waals surface area contributed by atoms with Gasteiger partial charge in [-0.25, -0.2) is 9.59 Å². The minimum atomic E-state index is -1.69. The Labute approximate surface area is 301 Å². The van der Waals surface area contributed by atoms with Crippen LogP contribution in [0.25, 0.3) is 0 Å². The zero-order chi connectivity index (χ0) is 39.1. The van der Waals surface area contributed by atoms with E-state index in [-0.39, 0.29) is 38.5 Å². The Morgan fingerprint density at radius 1 is 0.385 bits per heavy atom. The summed E-state index contributed by atoms with van der Waals surface area (Å²) in [6.07, 6.45) is -13.1. The van der Waals surface area contributed by atoms with Gasteiger partial charge in [0, 0.05) is 50.7 Å². The molecule has 10 atom stereocenters. The van der Waals surface area contributed by atoms with Crippen LogP contribution in [0, 0.1) is 0 Å². The molecule has 2 saturated heterocycles. The molecule has 52 heavy (non-hydrogen) atoms. The van der Waals surface area contributed by atoms with E-state index in [1.54, 1.807) is 13.8 Å². The molecular formula is C34H48O18. The Bertz CT molecular complexity index is 1230. The molecule has 18 nitrogen and oxygen atoms in total. The van der Waals surface area contributed by atoms with E-state index in [0.717, 1.165) is 0 Å². The zero-order valence-corrected chi connectivity index (χ0v) is 30.5. The van der Waals surface area contributed by atoms with Gasteiger partial charge >= 0.3 is 47.8 Å². The second-order valence-electron chi connectivity index (χ2n) is 11.5. The first-order valence-corrected chi connectivity index (χ1v) is 17.2. The van der Waals surface area contributed by atoms with Crippen molar-refractivity contribution in [2.45, 2.75) is 155 Å². The smallest absolute Gasteiger partial charge is 0.333 e. The van der Waals surface area contributed by atoms with Crippen LogP contribution < -0.4 is 0 Å². The maximum absolute atomic E-state index is 13.0. The van der Waals surface area contributed by atoms with Crippen LogP contribution in [0.2, 0.25) is 0 Å². The van der Waals surface area contributed by atoms with E-state index in [2.05, 4.69) is 0 Å². The van der Waals surface area contributed by atoms with Crippen LogP contribution in [0.3, 0.4) is 0 Å². The normalized spacial score (nSPS) is 28.5. The maximum atomic E-state index is 13.0. The van der Waals surface area contributed by atoms with Crippen molar-refractivity contribution in [1.82, 2.24) is 0 Å². The Morgan fingerprint density at radius 2 is 0.615 bits per heavy atom. The molecule has 0 spiro atoms. The fourth-order valence-corrected chi connectivity index (χ4v) is 4.83. The van der Waals surface area contributed by atoms with Crippen molar-refractivity contribution in [3.63, 3.8) is 0 Å². The Morgan fingerprint density at radius 3 is 0.865 bits per heavy atom. The third-order valence-corrected chi connectivity index (χ3v) is 7.61. The molecular weight excluding hydrogens is 696 g/mol. The minimum Gasteiger partial charge on any atom is -0.455 e. The molecule has 292 valence electrons. The SMILES string of the molecule is CCC(=O)O[C@H]1[C@H](OC(=O)CC)[C@@H](OC(=O)/C=C/C(=O)O[C@H]2O[C@@H](C)[C@@H](OC(=O)CC)[C@@H](OC(=O)CC)[C@@H]2OC(=O)CC)O[C@@H](C)[C@H]1OC(=O)CC. The number of carbonyl (C=O) groups is 8. The van der Waals surface area contributed by atoms with Gasteiger partial charge in [0.1, 0.15) is 0 Å². The van der Waals surface area contributed by atoms with Crippen molar-refractivity contribution in [3.8, 4) is 0 Å². The molecule has 2 aliphatic heterocycles. The van der Waals surface area contributed by atoms with Gasteiger partial charge in [-0.15, -0.1) is 0 Å². The molecule has 0 N–H and O–H groups in total. The van der Waals surface area contributed by atoms with Gasteiger partial charge in [-0.05, 0) is 13.8 Å². The monoisotopic (exact) mass is 744 g/mol. The number of carbonyl (C=O) groups excluding carboxylic acids is 8. The predicted octanol–water partition coefficient (Wildman–Crippen LogP) is 2.05. The van der Waals surface area contributed by atoms with Gasteiger partial charge in [0.15, 0.2) is 24.4 Å². The van der Waals surface area contributed by atoms with Crippen LogP contribution in [0.15, 0.2) is 12.2 Å². The molecule has 2 aliphatic rings. The van der Waals surface area contributed by atoms with Crippen molar-refractivity contribution in [1.29, 1.82) is 0 Å². The van der Waals surface area contributed by atoms with Crippen molar-refractivity contribution in [3.05, 3.63) is 12.2 Å². The van der Waals surface area contributed by atoms with Crippen LogP contribution in [-0.4, -0.2) is 109 Å². The summed E-state index contributed by atoms with van der Waals surface area (Å²) in [5, 5.41) is 0. The Balaban J connectivity index is 2.33. The molecule has 0 amide bonds. The molecule has 2 rings (SSSR count). The van der Waals surface area contributed by atoms with Crippen molar-refractivity contribution < 1.29 is 85.7 Å². The maximum Gasteiger partial charge on any atom is 0.333 e. The third kappa shape index (κ3) is 12.6. The van der Waals surface area contributed by atoms with E-state index in [0.29, 0.717) is 12.2 Å². The highest BCUT2D eigenvalue weighted by molar-refractivity contribution is 5.91. The lowest BCUT2D eigenvalue weighted by molar-refractivity contribution is -0.293. The lowest BCUT2D eigenvalue weighted by Gasteiger charge is -2.43. The number of hydrogen-bond acceptors (Lipinski definition) is 18. The summed E-state index contributed by atoms with van der Waals surface area (Å²) in [4.78, 5) is 99.7. The van der Waals surface area contributed by atoms with Gasteiger partial charge in [-0.1, -0.05) is 41.5 Å². The summed E-state index contributed by atoms with van der Waals surface area (Å²) in [5.74, 6) is -6.76. The quantitative estimate of drug-likeness (QED) is 0.125. The number of esters is 8. The summed E-state index contributed by atoms with van der Waals surface area (Å²) >= 11 is 0. The van der Waals surface area contributed by atoms with Crippen LogP contribution in [0.5, 0.6) is 0 Å². The highest BCUT2D eigenvalue weighted by Crippen LogP contribution is 2.32. The molecule has 0 bridgehead atoms. The molecule has 0 radical (unpaired) electrons. The second-order valence-corrected chi connectivity index (χ2v) is 11.5. The second kappa shape index (κ2) is 21.1. The summed E-state index contributed by atoms with van der Waals surface area (Å²) in [5.41, 5.74) is 0. The average molecular weight is 745 g/mol. The van der Waals surface area contributed by atoms with Crippen molar-refractivity contribution >= 4 is 47.8 Å². The van der Waals surface area contributed by atoms with Crippen LogP contribution in [0.4, 0.5) is 0 Å². The van der Waals surface area contributed by atoms with Gasteiger partial charge < -0.3 is 47.4 Å². The largest absolute Gasteiger partial charge is 0.455 e. The number of ether oxygens (including phenoxy) is 10. The fourth-order valence-electron chi connectivity index (χ4n) is 4.83. The summed E-state index contributed by atoms with van der Waals surface area (Å²) in [6.45, 7) is 12.0. The molecule has 0 aliphatic carbocycles. The lowest BCUT2D eigenvalue weighted by Crippen LogP contribution is -2.61. The number of rotatable bonds is 16. The molecule has 2 heterocycles. The first kappa shape index (κ1) is 43.6. The van der Waals surface area contributed by atoms with E-state index >= 15 is 0 Å². The molecule has 18 heteroatoms. The molecule has 0 unspecified atom stereocenters. The Hall–Kier alpha value is -4.58. The molecule has 0 aromatic rings. The van der Waals surface area contributed by atoms with Crippen molar-refractivity contribution in [2.24, 2.45) is 0 Å². The molecule has 0 aromatic carbocycles. The van der Waals surface area contributed by atoms with E-state index in [9.17, 15) is 38.4 Å². The van der Waals surface area contributed by atoms with Gasteiger partial charge in [-0.3, -0.25) is 28.8 Å². The average Bonchev–Trinajstić information content (AvgIpc) is 3.12. The van der Waals surface area contributed by atoms with E-state index in [4.69, 9.17) is 47.4 Å². The minimum absolute atomic E-state index is 0.0274. The number of hydrogen-bond donors (Lipinski definition) is 0. The van der Waals surface area contributed by atoms with Gasteiger partial charge in [-0.2, -0.15) is 0 Å². The zero-order valence-electron chi connectivity index (χ0n) is 30.5. The Kier molecular flexibility index (Phi) is 17.7. The highest BCUT2D eigenvalue weighted by atomic mass is 16.8. The van der Waals surface area contributed by atoms with Gasteiger partial charge in [0.25, 0.3) is 0 Å². The third-order valence-electron chi connectivity index (χ3n) is 7.61. The fraction of sp³-hybridized carbons (Fsp3) is 0.706. The van der Waals surface area contributed by atoms with Crippen LogP contribution in [0.1, 0.15) is 93.9 Å². The first-order valence-electron chi connectivity index (χ1n) is 17.2. The molecule has 2 fully saturated rings. The van der Waals surface area contributed by atoms with E-state index < -0.39 is 109 Å². The van der Waals surface area contributed by atoms with E-state index in [1.165, 1.54) is 41.5 Å². The standard InChI is InChI=1S/C34H48O18/c1-9-19(35)45-27-17(7)43-33(31(49-23(39)13-5)29(27)47-21(37)11-3)51-25(41)15-16-26(42)52-34-32(50-24(40)14-6)30(48-22(38)12-4)28(18(8)44-34)46-20(36)10-2/h15-18,27-34H,9-14H2,1-8H3/b16-15+/t17-,18-,27+,28+,29+,30+,31-,32-,33+,34+/m0/s1. The lowest BCUT2D eigenvalue weighted by atomic mass is 9.98. The van der Waals surface area contributed by atoms with Gasteiger partial charge in [0.05, 0.1) is 12.2 Å². The summed E-state index contributed by atoms with van der Waals surface area (Å²) in [7, 11) is 0. The topological polar surface area (TPSA) is 229 Å². The summed E-state index contributed by atoms with van der Waals surface area (Å²) < 4.78 is 54.9. The predicted molar refractivity (Wildman–Crippen MR) is 171 cm³/mol. The van der Waals surface area contributed by atoms with Gasteiger partial charge in [0.2, 0.25) is 24.8 Å².